The Morgan fingerprint density at radius 2 is 1.62 bits per heavy atom. The first-order valence-electron chi connectivity index (χ1n) is 10.4. The van der Waals surface area contributed by atoms with Crippen LogP contribution in [-0.2, 0) is 13.2 Å². The molecule has 0 saturated heterocycles. The minimum atomic E-state index is -0.457. The molecular formula is C27H21ClN2O2. The van der Waals surface area contributed by atoms with E-state index >= 15 is 0 Å². The molecule has 5 aromatic rings. The van der Waals surface area contributed by atoms with Crippen molar-refractivity contribution in [2.75, 3.05) is 0 Å². The van der Waals surface area contributed by atoms with E-state index in [1.54, 1.807) is 6.07 Å². The molecule has 32 heavy (non-hydrogen) atoms. The van der Waals surface area contributed by atoms with Crippen LogP contribution >= 0.6 is 11.6 Å². The third-order valence-electron chi connectivity index (χ3n) is 5.66. The molecule has 1 aromatic heterocycles. The van der Waals surface area contributed by atoms with Crippen LogP contribution in [0.25, 0.3) is 21.8 Å². The molecule has 0 aliphatic carbocycles. The van der Waals surface area contributed by atoms with E-state index in [9.17, 15) is 4.79 Å². The van der Waals surface area contributed by atoms with Crippen LogP contribution in [-0.4, -0.2) is 10.5 Å². The van der Waals surface area contributed by atoms with Crippen LogP contribution < -0.4 is 10.5 Å². The van der Waals surface area contributed by atoms with Crippen LogP contribution in [0.3, 0.4) is 0 Å². The zero-order valence-electron chi connectivity index (χ0n) is 17.3. The zero-order valence-corrected chi connectivity index (χ0v) is 18.0. The van der Waals surface area contributed by atoms with Crippen molar-refractivity contribution in [2.24, 2.45) is 5.73 Å². The molecule has 0 aliphatic rings. The fourth-order valence-corrected chi connectivity index (χ4v) is 4.49. The molecule has 0 saturated carbocycles. The highest BCUT2D eigenvalue weighted by Crippen LogP contribution is 2.36. The number of benzene rings is 4. The van der Waals surface area contributed by atoms with Gasteiger partial charge in [0.1, 0.15) is 12.4 Å². The van der Waals surface area contributed by atoms with Gasteiger partial charge >= 0.3 is 0 Å². The highest BCUT2D eigenvalue weighted by atomic mass is 35.5. The number of primary amides is 1. The van der Waals surface area contributed by atoms with Gasteiger partial charge in [-0.1, -0.05) is 78.3 Å². The van der Waals surface area contributed by atoms with Gasteiger partial charge in [0, 0.05) is 21.9 Å². The molecule has 0 radical (unpaired) electrons. The predicted molar refractivity (Wildman–Crippen MR) is 129 cm³/mol. The SMILES string of the molecule is NC(=O)c1cccc2c1c1cccc(Cl)c1n2Cc1ccccc1OCc1ccccc1. The Bertz CT molecular complexity index is 1440. The van der Waals surface area contributed by atoms with Gasteiger partial charge in [-0.3, -0.25) is 4.79 Å². The monoisotopic (exact) mass is 440 g/mol. The predicted octanol–water partition coefficient (Wildman–Crippen LogP) is 6.17. The minimum Gasteiger partial charge on any atom is -0.489 e. The third-order valence-corrected chi connectivity index (χ3v) is 5.97. The molecule has 1 amide bonds. The van der Waals surface area contributed by atoms with Crippen molar-refractivity contribution in [3.05, 3.63) is 113 Å². The summed E-state index contributed by atoms with van der Waals surface area (Å²) in [5, 5.41) is 2.35. The van der Waals surface area contributed by atoms with Crippen molar-refractivity contribution >= 4 is 39.3 Å². The minimum absolute atomic E-state index is 0.457. The molecule has 0 aliphatic heterocycles. The van der Waals surface area contributed by atoms with Gasteiger partial charge in [0.25, 0.3) is 0 Å². The second-order valence-corrected chi connectivity index (χ2v) is 8.08. The highest BCUT2D eigenvalue weighted by Gasteiger charge is 2.19. The van der Waals surface area contributed by atoms with E-state index in [0.717, 1.165) is 38.7 Å². The molecule has 4 aromatic carbocycles. The first-order chi connectivity index (χ1) is 15.6. The molecule has 0 spiro atoms. The maximum absolute atomic E-state index is 12.1. The zero-order chi connectivity index (χ0) is 22.1. The number of carbonyl (C=O) groups is 1. The van der Waals surface area contributed by atoms with Crippen molar-refractivity contribution in [2.45, 2.75) is 13.2 Å². The summed E-state index contributed by atoms with van der Waals surface area (Å²) in [5.41, 5.74) is 10.1. The summed E-state index contributed by atoms with van der Waals surface area (Å²) in [5.74, 6) is 0.352. The fourth-order valence-electron chi connectivity index (χ4n) is 4.21. The van der Waals surface area contributed by atoms with E-state index in [0.29, 0.717) is 23.7 Å². The number of carbonyl (C=O) groups excluding carboxylic acids is 1. The van der Waals surface area contributed by atoms with Crippen molar-refractivity contribution in [1.29, 1.82) is 0 Å². The lowest BCUT2D eigenvalue weighted by molar-refractivity contribution is 0.100. The van der Waals surface area contributed by atoms with Gasteiger partial charge in [0.2, 0.25) is 5.91 Å². The molecule has 0 unspecified atom stereocenters. The number of amides is 1. The molecular weight excluding hydrogens is 420 g/mol. The van der Waals surface area contributed by atoms with Crippen LogP contribution in [0.2, 0.25) is 5.02 Å². The molecule has 0 bridgehead atoms. The number of ether oxygens (including phenoxy) is 1. The van der Waals surface area contributed by atoms with E-state index in [4.69, 9.17) is 22.1 Å². The number of fused-ring (bicyclic) bond motifs is 3. The summed E-state index contributed by atoms with van der Waals surface area (Å²) in [6.45, 7) is 1.02. The molecule has 4 nitrogen and oxygen atoms in total. The first-order valence-corrected chi connectivity index (χ1v) is 10.7. The molecule has 5 rings (SSSR count). The second-order valence-electron chi connectivity index (χ2n) is 7.67. The quantitative estimate of drug-likeness (QED) is 0.343. The maximum Gasteiger partial charge on any atom is 0.249 e. The standard InChI is InChI=1S/C27H21ClN2O2/c28-22-13-6-11-20-25-21(27(29)31)12-7-14-23(25)30(26(20)22)16-19-10-4-5-15-24(19)32-17-18-8-2-1-3-9-18/h1-15H,16-17H2,(H2,29,31). The Morgan fingerprint density at radius 3 is 2.44 bits per heavy atom. The molecule has 0 atom stereocenters. The third kappa shape index (κ3) is 3.59. The smallest absolute Gasteiger partial charge is 0.249 e. The van der Waals surface area contributed by atoms with Crippen molar-refractivity contribution in [3.8, 4) is 5.75 Å². The number of rotatable bonds is 6. The largest absolute Gasteiger partial charge is 0.489 e. The number of nitrogens with zero attached hydrogens (tertiary/aromatic N) is 1. The Morgan fingerprint density at radius 1 is 0.875 bits per heavy atom. The van der Waals surface area contributed by atoms with E-state index in [1.165, 1.54) is 0 Å². The summed E-state index contributed by atoms with van der Waals surface area (Å²) in [7, 11) is 0. The van der Waals surface area contributed by atoms with Gasteiger partial charge in [-0.25, -0.2) is 0 Å². The Labute approximate surface area is 190 Å². The molecule has 158 valence electrons. The van der Waals surface area contributed by atoms with Crippen molar-refractivity contribution in [3.63, 3.8) is 0 Å². The van der Waals surface area contributed by atoms with Crippen LogP contribution in [0.1, 0.15) is 21.5 Å². The van der Waals surface area contributed by atoms with E-state index in [1.807, 2.05) is 84.9 Å². The average Bonchev–Trinajstić information content (AvgIpc) is 3.14. The topological polar surface area (TPSA) is 57.2 Å². The number of para-hydroxylation sites is 2. The molecule has 0 fully saturated rings. The fraction of sp³-hybridized carbons (Fsp3) is 0.0741. The second kappa shape index (κ2) is 8.40. The molecule has 5 heteroatoms. The van der Waals surface area contributed by atoms with Gasteiger partial charge < -0.3 is 15.0 Å². The lowest BCUT2D eigenvalue weighted by Gasteiger charge is -2.14. The van der Waals surface area contributed by atoms with Crippen LogP contribution in [0.15, 0.2) is 91.0 Å². The Kier molecular flexibility index (Phi) is 5.29. The number of hydrogen-bond acceptors (Lipinski definition) is 2. The summed E-state index contributed by atoms with van der Waals surface area (Å²) >= 11 is 6.64. The lowest BCUT2D eigenvalue weighted by atomic mass is 10.1. The summed E-state index contributed by atoms with van der Waals surface area (Å²) in [6.07, 6.45) is 0. The van der Waals surface area contributed by atoms with Crippen molar-refractivity contribution < 1.29 is 9.53 Å². The summed E-state index contributed by atoms with van der Waals surface area (Å²) in [4.78, 5) is 12.1. The van der Waals surface area contributed by atoms with Gasteiger partial charge in [0.15, 0.2) is 0 Å². The van der Waals surface area contributed by atoms with Gasteiger partial charge in [-0.15, -0.1) is 0 Å². The number of nitrogens with two attached hydrogens (primary N) is 1. The Hall–Kier alpha value is -3.76. The van der Waals surface area contributed by atoms with E-state index in [-0.39, 0.29) is 0 Å². The van der Waals surface area contributed by atoms with E-state index < -0.39 is 5.91 Å². The van der Waals surface area contributed by atoms with Crippen molar-refractivity contribution in [1.82, 2.24) is 4.57 Å². The number of aromatic nitrogens is 1. The van der Waals surface area contributed by atoms with Gasteiger partial charge in [-0.05, 0) is 29.8 Å². The number of halogens is 1. The number of hydrogen-bond donors (Lipinski definition) is 1. The summed E-state index contributed by atoms with van der Waals surface area (Å²) < 4.78 is 8.30. The van der Waals surface area contributed by atoms with E-state index in [2.05, 4.69) is 4.57 Å². The van der Waals surface area contributed by atoms with Gasteiger partial charge in [-0.2, -0.15) is 0 Å². The normalized spacial score (nSPS) is 11.2. The van der Waals surface area contributed by atoms with Gasteiger partial charge in [0.05, 0.1) is 22.6 Å². The average molecular weight is 441 g/mol. The molecule has 2 N–H and O–H groups in total. The summed E-state index contributed by atoms with van der Waals surface area (Å²) in [6, 6.07) is 29.4. The first kappa shape index (κ1) is 20.2. The maximum atomic E-state index is 12.1. The lowest BCUT2D eigenvalue weighted by Crippen LogP contribution is -2.11. The Balaban J connectivity index is 1.62. The van der Waals surface area contributed by atoms with Crippen LogP contribution in [0, 0.1) is 0 Å². The van der Waals surface area contributed by atoms with Crippen LogP contribution in [0.5, 0.6) is 5.75 Å². The highest BCUT2D eigenvalue weighted by molar-refractivity contribution is 6.37. The van der Waals surface area contributed by atoms with Crippen LogP contribution in [0.4, 0.5) is 0 Å². The molecule has 1 heterocycles.